The van der Waals surface area contributed by atoms with E-state index in [2.05, 4.69) is 69.7 Å². The summed E-state index contributed by atoms with van der Waals surface area (Å²) in [5.74, 6) is 1.05. The van der Waals surface area contributed by atoms with E-state index in [-0.39, 0.29) is 18.5 Å². The number of likely N-dealkylation sites (tertiary alicyclic amines) is 1. The lowest BCUT2D eigenvalue weighted by atomic mass is 10.2. The highest BCUT2D eigenvalue weighted by Gasteiger charge is 2.21. The maximum atomic E-state index is 6.29. The van der Waals surface area contributed by atoms with Crippen molar-refractivity contribution in [2.45, 2.75) is 38.3 Å². The maximum Gasteiger partial charge on any atom is 0.104 e. The molecule has 2 rings (SSSR count). The van der Waals surface area contributed by atoms with Gasteiger partial charge in [-0.3, -0.25) is 15.1 Å². The molecule has 2 aliphatic rings. The lowest BCUT2D eigenvalue weighted by Crippen LogP contribution is -2.52. The van der Waals surface area contributed by atoms with Gasteiger partial charge in [-0.05, 0) is 57.8 Å². The highest BCUT2D eigenvalue weighted by Crippen LogP contribution is 2.13. The third-order valence-electron chi connectivity index (χ3n) is 5.02. The van der Waals surface area contributed by atoms with Gasteiger partial charge in [0.05, 0.1) is 12.3 Å². The van der Waals surface area contributed by atoms with Gasteiger partial charge in [0.1, 0.15) is 12.0 Å². The van der Waals surface area contributed by atoms with Crippen molar-refractivity contribution in [1.29, 1.82) is 0 Å². The van der Waals surface area contributed by atoms with Gasteiger partial charge >= 0.3 is 0 Å². The predicted molar refractivity (Wildman–Crippen MR) is 104 cm³/mol. The Kier molecular flexibility index (Phi) is 7.92. The van der Waals surface area contributed by atoms with Crippen LogP contribution in [-0.2, 0) is 0 Å². The van der Waals surface area contributed by atoms with E-state index in [4.69, 9.17) is 11.5 Å². The normalized spacial score (nSPS) is 23.8. The first-order chi connectivity index (χ1) is 12.1. The maximum absolute atomic E-state index is 6.29. The average Bonchev–Trinajstić information content (AvgIpc) is 3.18. The summed E-state index contributed by atoms with van der Waals surface area (Å²) in [6.07, 6.45) is 13.2. The summed E-state index contributed by atoms with van der Waals surface area (Å²) in [4.78, 5) is 6.67. The largest absolute Gasteiger partial charge is 0.353 e. The van der Waals surface area contributed by atoms with Crippen molar-refractivity contribution in [3.63, 3.8) is 0 Å². The van der Waals surface area contributed by atoms with Crippen LogP contribution in [0.3, 0.4) is 0 Å². The monoisotopic (exact) mass is 349 g/mol. The molecule has 2 aliphatic heterocycles. The van der Waals surface area contributed by atoms with Gasteiger partial charge in [0.15, 0.2) is 0 Å². The number of nitrogens with zero attached hydrogens (tertiary/aromatic N) is 3. The minimum absolute atomic E-state index is 0.0134. The first-order valence-electron chi connectivity index (χ1n) is 9.28. The van der Waals surface area contributed by atoms with Crippen LogP contribution in [0.4, 0.5) is 0 Å². The molecule has 25 heavy (non-hydrogen) atoms. The van der Waals surface area contributed by atoms with Crippen molar-refractivity contribution >= 4 is 0 Å². The van der Waals surface area contributed by atoms with E-state index in [0.717, 1.165) is 25.5 Å². The van der Waals surface area contributed by atoms with Crippen LogP contribution in [0.15, 0.2) is 36.2 Å². The number of hydrogen-bond acceptors (Lipinski definition) is 7. The van der Waals surface area contributed by atoms with Crippen molar-refractivity contribution in [2.75, 3.05) is 40.4 Å². The van der Waals surface area contributed by atoms with Crippen LogP contribution in [-0.4, -0.2) is 73.6 Å². The van der Waals surface area contributed by atoms with E-state index < -0.39 is 0 Å². The number of hydrogen-bond donors (Lipinski definition) is 4. The molecule has 0 amide bonds. The predicted octanol–water partition coefficient (Wildman–Crippen LogP) is -0.0345. The number of allylic oxidation sites excluding steroid dienone is 2. The van der Waals surface area contributed by atoms with Crippen LogP contribution in [0, 0.1) is 0 Å². The van der Waals surface area contributed by atoms with Gasteiger partial charge in [-0.1, -0.05) is 19.1 Å². The molecule has 1 fully saturated rings. The molecule has 7 heteroatoms. The SMILES string of the molecule is CCN(CN)C1C=CC=C(N(C)C(/C=C\C(N)N2CCCC2)NC)N1. The van der Waals surface area contributed by atoms with E-state index in [1.54, 1.807) is 0 Å². The third kappa shape index (κ3) is 5.29. The van der Waals surface area contributed by atoms with Crippen LogP contribution in [0.5, 0.6) is 0 Å². The number of likely N-dealkylation sites (N-methyl/N-ethyl adjacent to an activating group) is 3. The molecule has 3 unspecified atom stereocenters. The molecule has 1 saturated heterocycles. The molecule has 0 bridgehead atoms. The highest BCUT2D eigenvalue weighted by atomic mass is 15.4. The molecular formula is C18H35N7. The second-order valence-corrected chi connectivity index (χ2v) is 6.58. The van der Waals surface area contributed by atoms with Gasteiger partial charge in [0, 0.05) is 13.7 Å². The fourth-order valence-corrected chi connectivity index (χ4v) is 3.32. The summed E-state index contributed by atoms with van der Waals surface area (Å²) >= 11 is 0. The number of rotatable bonds is 9. The molecule has 0 radical (unpaired) electrons. The smallest absolute Gasteiger partial charge is 0.104 e. The number of dihydropyridines is 1. The second kappa shape index (κ2) is 9.94. The molecule has 0 aromatic rings. The number of nitrogens with one attached hydrogen (secondary N) is 2. The summed E-state index contributed by atoms with van der Waals surface area (Å²) in [7, 11) is 4.03. The Morgan fingerprint density at radius 1 is 1.40 bits per heavy atom. The fraction of sp³-hybridized carbons (Fsp3) is 0.667. The van der Waals surface area contributed by atoms with Crippen LogP contribution in [0.25, 0.3) is 0 Å². The van der Waals surface area contributed by atoms with Gasteiger partial charge < -0.3 is 21.7 Å². The molecule has 0 saturated carbocycles. The van der Waals surface area contributed by atoms with Crippen molar-refractivity contribution in [3.8, 4) is 0 Å². The molecule has 7 nitrogen and oxygen atoms in total. The Labute approximate surface area is 152 Å². The Morgan fingerprint density at radius 3 is 2.72 bits per heavy atom. The van der Waals surface area contributed by atoms with Gasteiger partial charge in [0.25, 0.3) is 0 Å². The minimum atomic E-state index is -0.0134. The Balaban J connectivity index is 1.97. The minimum Gasteiger partial charge on any atom is -0.353 e. The van der Waals surface area contributed by atoms with E-state index in [0.29, 0.717) is 6.67 Å². The standard InChI is InChI=1S/C18H35N7/c1-4-24(14-19)18-9-7-8-17(22-18)23(3)16(21-2)11-10-15(20)25-12-5-6-13-25/h7-11,15-16,18,21-22H,4-6,12-14,19-20H2,1-3H3/b11-10-. The summed E-state index contributed by atoms with van der Waals surface area (Å²) in [5, 5.41) is 6.88. The van der Waals surface area contributed by atoms with Crippen LogP contribution in [0.2, 0.25) is 0 Å². The molecule has 0 aromatic heterocycles. The van der Waals surface area contributed by atoms with Crippen molar-refractivity contribution in [3.05, 3.63) is 36.2 Å². The van der Waals surface area contributed by atoms with Gasteiger partial charge in [-0.25, -0.2) is 0 Å². The molecule has 6 N–H and O–H groups in total. The van der Waals surface area contributed by atoms with E-state index in [1.807, 2.05) is 7.05 Å². The lowest BCUT2D eigenvalue weighted by Gasteiger charge is -2.37. The van der Waals surface area contributed by atoms with E-state index >= 15 is 0 Å². The van der Waals surface area contributed by atoms with E-state index in [1.165, 1.54) is 12.8 Å². The molecule has 0 aromatic carbocycles. The molecule has 0 spiro atoms. The highest BCUT2D eigenvalue weighted by molar-refractivity contribution is 5.20. The first kappa shape index (κ1) is 19.9. The quantitative estimate of drug-likeness (QED) is 0.343. The number of nitrogens with two attached hydrogens (primary N) is 2. The van der Waals surface area contributed by atoms with E-state index in [9.17, 15) is 0 Å². The molecule has 2 heterocycles. The first-order valence-corrected chi connectivity index (χ1v) is 9.28. The molecular weight excluding hydrogens is 314 g/mol. The Morgan fingerprint density at radius 2 is 2.12 bits per heavy atom. The Hall–Kier alpha value is -1.38. The Bertz CT molecular complexity index is 478. The average molecular weight is 350 g/mol. The fourth-order valence-electron chi connectivity index (χ4n) is 3.32. The molecule has 0 aliphatic carbocycles. The molecule has 142 valence electrons. The summed E-state index contributed by atoms with van der Waals surface area (Å²) < 4.78 is 0. The van der Waals surface area contributed by atoms with Gasteiger partial charge in [-0.2, -0.15) is 0 Å². The van der Waals surface area contributed by atoms with Crippen LogP contribution >= 0.6 is 0 Å². The third-order valence-corrected chi connectivity index (χ3v) is 5.02. The zero-order valence-corrected chi connectivity index (χ0v) is 15.9. The topological polar surface area (TPSA) is 85.8 Å². The van der Waals surface area contributed by atoms with Crippen molar-refractivity contribution in [2.24, 2.45) is 11.5 Å². The zero-order chi connectivity index (χ0) is 18.2. The molecule has 3 atom stereocenters. The zero-order valence-electron chi connectivity index (χ0n) is 15.9. The van der Waals surface area contributed by atoms with Crippen LogP contribution < -0.4 is 22.1 Å². The second-order valence-electron chi connectivity index (χ2n) is 6.58. The van der Waals surface area contributed by atoms with Crippen molar-refractivity contribution < 1.29 is 0 Å². The summed E-state index contributed by atoms with van der Waals surface area (Å²) in [5.41, 5.74) is 12.1. The van der Waals surface area contributed by atoms with Gasteiger partial charge in [0.2, 0.25) is 0 Å². The van der Waals surface area contributed by atoms with Crippen LogP contribution in [0.1, 0.15) is 19.8 Å². The summed E-state index contributed by atoms with van der Waals surface area (Å²) in [6.45, 7) is 5.72. The summed E-state index contributed by atoms with van der Waals surface area (Å²) in [6, 6.07) is 0. The van der Waals surface area contributed by atoms with Crippen molar-refractivity contribution in [1.82, 2.24) is 25.3 Å². The van der Waals surface area contributed by atoms with Gasteiger partial charge in [-0.15, -0.1) is 0 Å². The lowest BCUT2D eigenvalue weighted by molar-refractivity contribution is 0.197.